The Kier molecular flexibility index (Phi) is 12.1. The topological polar surface area (TPSA) is 97.7 Å². The first kappa shape index (κ1) is 32.3. The third-order valence-corrected chi connectivity index (χ3v) is 7.89. The zero-order chi connectivity index (χ0) is 31.3. The summed E-state index contributed by atoms with van der Waals surface area (Å²) >= 11 is 0. The van der Waals surface area contributed by atoms with Crippen LogP contribution in [0.3, 0.4) is 0 Å². The number of hydrogen-bond donors (Lipinski definition) is 2. The number of aliphatic hydroxyl groups is 2. The van der Waals surface area contributed by atoms with Crippen LogP contribution in [-0.2, 0) is 45.4 Å². The predicted octanol–water partition coefficient (Wildman–Crippen LogP) is 5.51. The molecule has 236 valence electrons. The molecule has 8 nitrogen and oxygen atoms in total. The predicted molar refractivity (Wildman–Crippen MR) is 170 cm³/mol. The second-order valence-electron chi connectivity index (χ2n) is 11.2. The van der Waals surface area contributed by atoms with Gasteiger partial charge < -0.3 is 29.2 Å². The van der Waals surface area contributed by atoms with Crippen LogP contribution in [0.2, 0.25) is 0 Å². The highest BCUT2D eigenvalue weighted by atomic mass is 16.6. The Morgan fingerprint density at radius 1 is 0.644 bits per heavy atom. The van der Waals surface area contributed by atoms with Gasteiger partial charge in [-0.05, 0) is 28.7 Å². The molecule has 5 rings (SSSR count). The summed E-state index contributed by atoms with van der Waals surface area (Å²) in [6.07, 6.45) is -3.48. The zero-order valence-corrected chi connectivity index (χ0v) is 25.3. The molecule has 1 fully saturated rings. The van der Waals surface area contributed by atoms with Gasteiger partial charge >= 0.3 is 6.09 Å². The second kappa shape index (κ2) is 16.9. The zero-order valence-electron chi connectivity index (χ0n) is 25.3. The summed E-state index contributed by atoms with van der Waals surface area (Å²) in [6, 6.07) is 38.2. The minimum Gasteiger partial charge on any atom is -0.445 e. The van der Waals surface area contributed by atoms with Crippen LogP contribution >= 0.6 is 0 Å². The molecule has 1 aliphatic rings. The van der Waals surface area contributed by atoms with E-state index in [2.05, 4.69) is 0 Å². The molecule has 2 N–H and O–H groups in total. The fraction of sp³-hybridized carbons (Fsp3) is 0.324. The SMILES string of the molecule is O=C(OCc1ccccc1)N1C[C@H](OCc2ccccc2)[C@H](OCc2ccccc2)[C@@H](OCc2ccccc2)[C@H]1C[C@@H](O)CO. The summed E-state index contributed by atoms with van der Waals surface area (Å²) in [5, 5.41) is 20.5. The van der Waals surface area contributed by atoms with Crippen molar-refractivity contribution in [3.8, 4) is 0 Å². The monoisotopic (exact) mass is 611 g/mol. The van der Waals surface area contributed by atoms with Crippen molar-refractivity contribution < 1.29 is 34.0 Å². The summed E-state index contributed by atoms with van der Waals surface area (Å²) in [6.45, 7) is 0.631. The first-order valence-corrected chi connectivity index (χ1v) is 15.3. The summed E-state index contributed by atoms with van der Waals surface area (Å²) in [5.41, 5.74) is 3.77. The lowest BCUT2D eigenvalue weighted by molar-refractivity contribution is -0.202. The lowest BCUT2D eigenvalue weighted by Gasteiger charge is -2.48. The molecule has 0 aliphatic carbocycles. The average Bonchev–Trinajstić information content (AvgIpc) is 3.10. The Balaban J connectivity index is 1.46. The molecule has 0 aromatic heterocycles. The van der Waals surface area contributed by atoms with Gasteiger partial charge in [0.15, 0.2) is 0 Å². The van der Waals surface area contributed by atoms with Gasteiger partial charge in [0.2, 0.25) is 0 Å². The smallest absolute Gasteiger partial charge is 0.410 e. The molecule has 4 aromatic carbocycles. The summed E-state index contributed by atoms with van der Waals surface area (Å²) in [5.74, 6) is 0. The molecule has 0 saturated carbocycles. The number of carbonyl (C=O) groups excluding carboxylic acids is 1. The average molecular weight is 612 g/mol. The highest BCUT2D eigenvalue weighted by Crippen LogP contribution is 2.31. The first-order chi connectivity index (χ1) is 22.1. The number of carbonyl (C=O) groups is 1. The molecule has 5 atom stereocenters. The Bertz CT molecular complexity index is 1410. The molecule has 0 bridgehead atoms. The minimum atomic E-state index is -1.08. The Hall–Kier alpha value is -4.05. The van der Waals surface area contributed by atoms with Gasteiger partial charge in [-0.15, -0.1) is 0 Å². The molecular formula is C37H41NO7. The maximum absolute atomic E-state index is 13.8. The van der Waals surface area contributed by atoms with Gasteiger partial charge in [0.25, 0.3) is 0 Å². The van der Waals surface area contributed by atoms with Gasteiger partial charge in [0.05, 0.1) is 45.1 Å². The number of likely N-dealkylation sites (tertiary alicyclic amines) is 1. The molecule has 1 amide bonds. The Labute approximate surface area is 264 Å². The van der Waals surface area contributed by atoms with E-state index in [0.29, 0.717) is 13.2 Å². The number of benzene rings is 4. The molecule has 1 heterocycles. The van der Waals surface area contributed by atoms with E-state index in [9.17, 15) is 15.0 Å². The van der Waals surface area contributed by atoms with E-state index in [1.807, 2.05) is 121 Å². The van der Waals surface area contributed by atoms with Crippen molar-refractivity contribution in [1.29, 1.82) is 0 Å². The normalized spacial score (nSPS) is 20.4. The van der Waals surface area contributed by atoms with Crippen molar-refractivity contribution in [3.63, 3.8) is 0 Å². The number of nitrogens with zero attached hydrogens (tertiary/aromatic N) is 1. The van der Waals surface area contributed by atoms with E-state index in [1.165, 1.54) is 0 Å². The van der Waals surface area contributed by atoms with Crippen molar-refractivity contribution in [2.45, 2.75) is 63.3 Å². The van der Waals surface area contributed by atoms with E-state index < -0.39 is 43.2 Å². The van der Waals surface area contributed by atoms with Crippen molar-refractivity contribution in [3.05, 3.63) is 144 Å². The maximum atomic E-state index is 13.8. The van der Waals surface area contributed by atoms with Crippen LogP contribution in [0.5, 0.6) is 0 Å². The van der Waals surface area contributed by atoms with E-state index in [0.717, 1.165) is 22.3 Å². The molecule has 1 aliphatic heterocycles. The fourth-order valence-electron chi connectivity index (χ4n) is 5.53. The largest absolute Gasteiger partial charge is 0.445 e. The molecule has 45 heavy (non-hydrogen) atoms. The molecule has 0 spiro atoms. The van der Waals surface area contributed by atoms with Crippen LogP contribution in [0.25, 0.3) is 0 Å². The lowest BCUT2D eigenvalue weighted by atomic mass is 9.89. The highest BCUT2D eigenvalue weighted by Gasteiger charge is 2.48. The Morgan fingerprint density at radius 2 is 1.07 bits per heavy atom. The molecule has 0 unspecified atom stereocenters. The van der Waals surface area contributed by atoms with E-state index in [-0.39, 0.29) is 26.2 Å². The second-order valence-corrected chi connectivity index (χ2v) is 11.2. The molecule has 0 radical (unpaired) electrons. The van der Waals surface area contributed by atoms with Crippen molar-refractivity contribution >= 4 is 6.09 Å². The standard InChI is InChI=1S/C37H41NO7/c39-23-32(40)21-33-35(43-25-29-15-7-2-8-16-29)36(44-26-30-17-9-3-10-18-30)34(42-24-28-13-5-1-6-14-28)22-38(33)37(41)45-27-31-19-11-4-12-20-31/h1-20,32-36,39-40H,21-27H2/t32-,33-,34+,35+,36+/m1/s1. The number of amides is 1. The number of piperidine rings is 1. The van der Waals surface area contributed by atoms with Crippen molar-refractivity contribution in [2.75, 3.05) is 13.2 Å². The fourth-order valence-corrected chi connectivity index (χ4v) is 5.53. The molecule has 1 saturated heterocycles. The minimum absolute atomic E-state index is 0.0625. The van der Waals surface area contributed by atoms with Crippen LogP contribution in [-0.4, -0.2) is 64.8 Å². The van der Waals surface area contributed by atoms with Crippen LogP contribution in [0.1, 0.15) is 28.7 Å². The molecular weight excluding hydrogens is 570 g/mol. The summed E-state index contributed by atoms with van der Waals surface area (Å²) in [7, 11) is 0. The van der Waals surface area contributed by atoms with Gasteiger partial charge in [-0.25, -0.2) is 4.79 Å². The summed E-state index contributed by atoms with van der Waals surface area (Å²) in [4.78, 5) is 15.3. The third-order valence-electron chi connectivity index (χ3n) is 7.89. The van der Waals surface area contributed by atoms with Crippen LogP contribution in [0, 0.1) is 0 Å². The van der Waals surface area contributed by atoms with Gasteiger partial charge in [-0.3, -0.25) is 4.90 Å². The van der Waals surface area contributed by atoms with Gasteiger partial charge in [0, 0.05) is 0 Å². The van der Waals surface area contributed by atoms with Gasteiger partial charge in [0.1, 0.15) is 24.9 Å². The van der Waals surface area contributed by atoms with Crippen LogP contribution in [0.15, 0.2) is 121 Å². The Morgan fingerprint density at radius 3 is 1.53 bits per heavy atom. The molecule has 8 heteroatoms. The number of aliphatic hydroxyl groups excluding tert-OH is 2. The lowest BCUT2D eigenvalue weighted by Crippen LogP contribution is -2.65. The quantitative estimate of drug-likeness (QED) is 0.194. The summed E-state index contributed by atoms with van der Waals surface area (Å²) < 4.78 is 25.5. The highest BCUT2D eigenvalue weighted by molar-refractivity contribution is 5.68. The van der Waals surface area contributed by atoms with E-state index in [4.69, 9.17) is 18.9 Å². The number of rotatable bonds is 14. The molecule has 4 aromatic rings. The van der Waals surface area contributed by atoms with E-state index in [1.54, 1.807) is 4.90 Å². The van der Waals surface area contributed by atoms with Crippen molar-refractivity contribution in [1.82, 2.24) is 4.90 Å². The van der Waals surface area contributed by atoms with Crippen molar-refractivity contribution in [2.24, 2.45) is 0 Å². The van der Waals surface area contributed by atoms with Crippen LogP contribution < -0.4 is 0 Å². The van der Waals surface area contributed by atoms with E-state index >= 15 is 0 Å². The number of hydrogen-bond acceptors (Lipinski definition) is 7. The maximum Gasteiger partial charge on any atom is 0.410 e. The third kappa shape index (κ3) is 9.47. The first-order valence-electron chi connectivity index (χ1n) is 15.3. The van der Waals surface area contributed by atoms with Gasteiger partial charge in [-0.2, -0.15) is 0 Å². The number of ether oxygens (including phenoxy) is 4. The van der Waals surface area contributed by atoms with Gasteiger partial charge in [-0.1, -0.05) is 121 Å². The van der Waals surface area contributed by atoms with Crippen LogP contribution in [0.4, 0.5) is 4.79 Å².